The zero-order valence-electron chi connectivity index (χ0n) is 12.8. The molecule has 1 N–H and O–H groups in total. The molecule has 0 aliphatic heterocycles. The Bertz CT molecular complexity index is 841. The van der Waals surface area contributed by atoms with E-state index in [9.17, 15) is 0 Å². The van der Waals surface area contributed by atoms with Crippen molar-refractivity contribution in [1.29, 1.82) is 0 Å². The van der Waals surface area contributed by atoms with Gasteiger partial charge < -0.3 is 14.5 Å². The summed E-state index contributed by atoms with van der Waals surface area (Å²) < 4.78 is 11.0. The zero-order chi connectivity index (χ0) is 17.1. The van der Waals surface area contributed by atoms with Gasteiger partial charge in [0.15, 0.2) is 0 Å². The number of benzene rings is 2. The Hall–Kier alpha value is -1.81. The fourth-order valence-corrected chi connectivity index (χ4v) is 3.07. The quantitative estimate of drug-likeness (QED) is 0.545. The molecular weight excluding hydrogens is 369 g/mol. The summed E-state index contributed by atoms with van der Waals surface area (Å²) >= 11 is 18.2. The fourth-order valence-electron chi connectivity index (χ4n) is 2.29. The van der Waals surface area contributed by atoms with Gasteiger partial charge in [0.05, 0.1) is 18.7 Å². The van der Waals surface area contributed by atoms with Crippen LogP contribution in [0.2, 0.25) is 15.1 Å². The van der Waals surface area contributed by atoms with E-state index in [1.807, 2.05) is 36.4 Å². The number of rotatable bonds is 5. The van der Waals surface area contributed by atoms with Crippen LogP contribution < -0.4 is 10.1 Å². The van der Waals surface area contributed by atoms with Crippen molar-refractivity contribution >= 4 is 40.5 Å². The van der Waals surface area contributed by atoms with Crippen LogP contribution in [0.5, 0.6) is 5.75 Å². The van der Waals surface area contributed by atoms with E-state index in [1.165, 1.54) is 0 Å². The predicted molar refractivity (Wildman–Crippen MR) is 99.5 cm³/mol. The number of halogens is 3. The Balaban J connectivity index is 1.71. The maximum absolute atomic E-state index is 6.11. The molecule has 0 bridgehead atoms. The molecule has 0 spiro atoms. The lowest BCUT2D eigenvalue weighted by atomic mass is 10.2. The molecule has 24 heavy (non-hydrogen) atoms. The molecule has 0 saturated carbocycles. The molecule has 3 nitrogen and oxygen atoms in total. The monoisotopic (exact) mass is 381 g/mol. The van der Waals surface area contributed by atoms with E-state index >= 15 is 0 Å². The third kappa shape index (κ3) is 3.99. The second-order valence-electron chi connectivity index (χ2n) is 5.13. The van der Waals surface area contributed by atoms with Crippen molar-refractivity contribution in [3.05, 3.63) is 69.4 Å². The van der Waals surface area contributed by atoms with Crippen molar-refractivity contribution in [1.82, 2.24) is 0 Å². The number of furan rings is 1. The number of hydrogen-bond donors (Lipinski definition) is 1. The minimum atomic E-state index is 0.525. The summed E-state index contributed by atoms with van der Waals surface area (Å²) in [6.07, 6.45) is 0. The fraction of sp³-hybridized carbons (Fsp3) is 0.111. The summed E-state index contributed by atoms with van der Waals surface area (Å²) in [5, 5.41) is 4.95. The van der Waals surface area contributed by atoms with Crippen molar-refractivity contribution in [2.75, 3.05) is 12.4 Å². The van der Waals surface area contributed by atoms with Crippen LogP contribution in [0.15, 0.2) is 52.9 Å². The smallest absolute Gasteiger partial charge is 0.137 e. The van der Waals surface area contributed by atoms with Gasteiger partial charge in [-0.25, -0.2) is 0 Å². The normalized spacial score (nSPS) is 10.7. The second-order valence-corrected chi connectivity index (χ2v) is 6.41. The van der Waals surface area contributed by atoms with Crippen LogP contribution in [0.25, 0.3) is 11.3 Å². The lowest BCUT2D eigenvalue weighted by molar-refractivity contribution is 0.415. The summed E-state index contributed by atoms with van der Waals surface area (Å²) in [5.41, 5.74) is 1.72. The van der Waals surface area contributed by atoms with Crippen molar-refractivity contribution in [3.8, 4) is 17.1 Å². The molecule has 3 rings (SSSR count). The molecule has 6 heteroatoms. The van der Waals surface area contributed by atoms with Gasteiger partial charge in [-0.05, 0) is 48.5 Å². The summed E-state index contributed by atoms with van der Waals surface area (Å²) in [4.78, 5) is 0. The average molecular weight is 383 g/mol. The molecule has 0 atom stereocenters. The topological polar surface area (TPSA) is 34.4 Å². The summed E-state index contributed by atoms with van der Waals surface area (Å²) in [6, 6.07) is 14.6. The first-order valence-corrected chi connectivity index (χ1v) is 8.31. The lowest BCUT2D eigenvalue weighted by Crippen LogP contribution is -1.98. The largest absolute Gasteiger partial charge is 0.495 e. The third-order valence-corrected chi connectivity index (χ3v) is 4.16. The second kappa shape index (κ2) is 7.39. The van der Waals surface area contributed by atoms with E-state index in [2.05, 4.69) is 5.32 Å². The highest BCUT2D eigenvalue weighted by molar-refractivity contribution is 6.35. The van der Waals surface area contributed by atoms with E-state index in [0.29, 0.717) is 33.1 Å². The van der Waals surface area contributed by atoms with E-state index in [4.69, 9.17) is 44.0 Å². The third-order valence-electron chi connectivity index (χ3n) is 3.43. The Morgan fingerprint density at radius 1 is 0.958 bits per heavy atom. The van der Waals surface area contributed by atoms with Gasteiger partial charge in [-0.2, -0.15) is 0 Å². The van der Waals surface area contributed by atoms with Crippen LogP contribution in [0.3, 0.4) is 0 Å². The van der Waals surface area contributed by atoms with Gasteiger partial charge in [0, 0.05) is 21.3 Å². The van der Waals surface area contributed by atoms with Crippen molar-refractivity contribution < 1.29 is 9.15 Å². The summed E-state index contributed by atoms with van der Waals surface area (Å²) in [6.45, 7) is 0.525. The summed E-state index contributed by atoms with van der Waals surface area (Å²) in [7, 11) is 1.58. The van der Waals surface area contributed by atoms with Gasteiger partial charge in [-0.3, -0.25) is 0 Å². The van der Waals surface area contributed by atoms with E-state index in [0.717, 1.165) is 17.0 Å². The first kappa shape index (κ1) is 17.0. The first-order valence-electron chi connectivity index (χ1n) is 7.18. The Labute approximate surface area is 155 Å². The Morgan fingerprint density at radius 2 is 1.71 bits per heavy atom. The van der Waals surface area contributed by atoms with Crippen molar-refractivity contribution in [3.63, 3.8) is 0 Å². The van der Waals surface area contributed by atoms with E-state index in [1.54, 1.807) is 19.2 Å². The molecule has 2 aromatic carbocycles. The molecule has 0 amide bonds. The number of anilines is 1. The van der Waals surface area contributed by atoms with Crippen molar-refractivity contribution in [2.24, 2.45) is 0 Å². The van der Waals surface area contributed by atoms with Gasteiger partial charge in [0.2, 0.25) is 0 Å². The number of nitrogens with one attached hydrogen (secondary N) is 1. The SMILES string of the molecule is COc1ccc(NCc2ccc(-c3cc(Cl)cc(Cl)c3)o2)cc1Cl. The van der Waals surface area contributed by atoms with Crippen LogP contribution in [-0.4, -0.2) is 7.11 Å². The van der Waals surface area contributed by atoms with Gasteiger partial charge in [0.25, 0.3) is 0 Å². The highest BCUT2D eigenvalue weighted by Gasteiger charge is 2.08. The molecule has 0 radical (unpaired) electrons. The van der Waals surface area contributed by atoms with Crippen LogP contribution in [0, 0.1) is 0 Å². The Morgan fingerprint density at radius 3 is 2.38 bits per heavy atom. The maximum atomic E-state index is 6.11. The van der Waals surface area contributed by atoms with Crippen LogP contribution in [-0.2, 0) is 6.54 Å². The highest BCUT2D eigenvalue weighted by Crippen LogP contribution is 2.30. The molecule has 1 heterocycles. The minimum absolute atomic E-state index is 0.525. The molecule has 0 aliphatic carbocycles. The van der Waals surface area contributed by atoms with Crippen LogP contribution >= 0.6 is 34.8 Å². The highest BCUT2D eigenvalue weighted by atomic mass is 35.5. The molecule has 0 aliphatic rings. The zero-order valence-corrected chi connectivity index (χ0v) is 15.0. The standard InChI is InChI=1S/C18H14Cl3NO2/c1-23-18-4-2-14(9-16(18)21)22-10-15-3-5-17(24-15)11-6-12(19)8-13(20)7-11/h2-9,22H,10H2,1H3. The first-order chi connectivity index (χ1) is 11.5. The van der Waals surface area contributed by atoms with E-state index < -0.39 is 0 Å². The summed E-state index contributed by atoms with van der Waals surface area (Å²) in [5.74, 6) is 2.14. The lowest BCUT2D eigenvalue weighted by Gasteiger charge is -2.07. The number of methoxy groups -OCH3 is 1. The van der Waals surface area contributed by atoms with Gasteiger partial charge in [-0.15, -0.1) is 0 Å². The minimum Gasteiger partial charge on any atom is -0.495 e. The number of hydrogen-bond acceptors (Lipinski definition) is 3. The van der Waals surface area contributed by atoms with Crippen LogP contribution in [0.1, 0.15) is 5.76 Å². The van der Waals surface area contributed by atoms with Gasteiger partial charge in [0.1, 0.15) is 17.3 Å². The molecule has 124 valence electrons. The van der Waals surface area contributed by atoms with Crippen LogP contribution in [0.4, 0.5) is 5.69 Å². The molecule has 0 unspecified atom stereocenters. The molecule has 1 aromatic heterocycles. The van der Waals surface area contributed by atoms with E-state index in [-0.39, 0.29) is 0 Å². The van der Waals surface area contributed by atoms with Gasteiger partial charge >= 0.3 is 0 Å². The van der Waals surface area contributed by atoms with Gasteiger partial charge in [-0.1, -0.05) is 34.8 Å². The van der Waals surface area contributed by atoms with Crippen molar-refractivity contribution in [2.45, 2.75) is 6.54 Å². The molecular formula is C18H14Cl3NO2. The number of ether oxygens (including phenoxy) is 1. The maximum Gasteiger partial charge on any atom is 0.137 e. The average Bonchev–Trinajstić information content (AvgIpc) is 3.01. The molecule has 3 aromatic rings. The predicted octanol–water partition coefficient (Wildman–Crippen LogP) is 6.53. The molecule has 0 fully saturated rings. The molecule has 0 saturated heterocycles. The Kier molecular flexibility index (Phi) is 5.24.